The van der Waals surface area contributed by atoms with Gasteiger partial charge in [0.25, 0.3) is 0 Å². The van der Waals surface area contributed by atoms with Gasteiger partial charge in [0.15, 0.2) is 0 Å². The molecular formula is C21H28N2O4S. The van der Waals surface area contributed by atoms with Crippen molar-refractivity contribution < 1.29 is 17.9 Å². The molecule has 0 saturated carbocycles. The number of aryl methyl sites for hydroxylation is 2. The number of hydrogen-bond acceptors (Lipinski definition) is 4. The summed E-state index contributed by atoms with van der Waals surface area (Å²) in [6.07, 6.45) is 1.09. The van der Waals surface area contributed by atoms with Gasteiger partial charge in [0.1, 0.15) is 18.4 Å². The van der Waals surface area contributed by atoms with E-state index in [1.165, 1.54) is 12.6 Å². The average Bonchev–Trinajstić information content (AvgIpc) is 2.63. The average molecular weight is 405 g/mol. The Bertz CT molecular complexity index is 913. The molecule has 2 aromatic rings. The Labute approximate surface area is 167 Å². The van der Waals surface area contributed by atoms with Crippen molar-refractivity contribution in [3.05, 3.63) is 65.2 Å². The number of likely N-dealkylation sites (N-methyl/N-ethyl adjacent to an activating group) is 1. The van der Waals surface area contributed by atoms with Crippen molar-refractivity contribution in [1.82, 2.24) is 9.62 Å². The molecule has 0 saturated heterocycles. The van der Waals surface area contributed by atoms with Gasteiger partial charge < -0.3 is 10.1 Å². The molecule has 6 nitrogen and oxygen atoms in total. The van der Waals surface area contributed by atoms with Crippen molar-refractivity contribution in [3.8, 4) is 5.75 Å². The van der Waals surface area contributed by atoms with Gasteiger partial charge in [-0.2, -0.15) is 4.31 Å². The van der Waals surface area contributed by atoms with Crippen LogP contribution in [0.15, 0.2) is 48.5 Å². The number of benzene rings is 2. The zero-order valence-corrected chi connectivity index (χ0v) is 17.8. The maximum absolute atomic E-state index is 12.9. The predicted octanol–water partition coefficient (Wildman–Crippen LogP) is 2.82. The fraction of sp³-hybridized carbons (Fsp3) is 0.381. The van der Waals surface area contributed by atoms with Crippen LogP contribution in [0.2, 0.25) is 0 Å². The van der Waals surface area contributed by atoms with Gasteiger partial charge >= 0.3 is 0 Å². The molecule has 1 N–H and O–H groups in total. The topological polar surface area (TPSA) is 75.7 Å². The molecule has 0 fully saturated rings. The number of carbonyl (C=O) groups excluding carboxylic acids is 1. The zero-order valence-electron chi connectivity index (χ0n) is 17.0. The number of nitrogens with zero attached hydrogens (tertiary/aromatic N) is 1. The van der Waals surface area contributed by atoms with Gasteiger partial charge in [-0.15, -0.1) is 0 Å². The number of ether oxygens (including phenoxy) is 1. The van der Waals surface area contributed by atoms with Gasteiger partial charge in [-0.3, -0.25) is 4.79 Å². The highest BCUT2D eigenvalue weighted by molar-refractivity contribution is 7.88. The SMILES string of the molecule is Cc1ccc(OC[C@H](C)NC(=O)[C@@H](c2ccccc2)N(C)S(C)(=O)=O)cc1C. The summed E-state index contributed by atoms with van der Waals surface area (Å²) in [6.45, 7) is 6.14. The van der Waals surface area contributed by atoms with Crippen LogP contribution < -0.4 is 10.1 Å². The molecule has 0 unspecified atom stereocenters. The largest absolute Gasteiger partial charge is 0.491 e. The molecule has 28 heavy (non-hydrogen) atoms. The molecule has 0 radical (unpaired) electrons. The predicted molar refractivity (Wildman–Crippen MR) is 111 cm³/mol. The lowest BCUT2D eigenvalue weighted by molar-refractivity contribution is -0.125. The highest BCUT2D eigenvalue weighted by Crippen LogP contribution is 2.22. The molecule has 152 valence electrons. The van der Waals surface area contributed by atoms with Crippen LogP contribution in [0.3, 0.4) is 0 Å². The fourth-order valence-electron chi connectivity index (χ4n) is 2.74. The summed E-state index contributed by atoms with van der Waals surface area (Å²) in [5, 5.41) is 2.86. The molecule has 2 rings (SSSR count). The monoisotopic (exact) mass is 404 g/mol. The van der Waals surface area contributed by atoms with Crippen LogP contribution in [0.5, 0.6) is 5.75 Å². The van der Waals surface area contributed by atoms with Gasteiger partial charge in [0.05, 0.1) is 12.3 Å². The molecule has 0 aliphatic heterocycles. The quantitative estimate of drug-likeness (QED) is 0.734. The minimum absolute atomic E-state index is 0.276. The van der Waals surface area contributed by atoms with Crippen molar-refractivity contribution in [1.29, 1.82) is 0 Å². The van der Waals surface area contributed by atoms with Crippen LogP contribution in [0, 0.1) is 13.8 Å². The molecule has 2 aromatic carbocycles. The lowest BCUT2D eigenvalue weighted by Crippen LogP contribution is -2.45. The Hall–Kier alpha value is -2.38. The number of carbonyl (C=O) groups is 1. The summed E-state index contributed by atoms with van der Waals surface area (Å²) in [5.41, 5.74) is 2.92. The van der Waals surface area contributed by atoms with Crippen LogP contribution in [0.25, 0.3) is 0 Å². The second kappa shape index (κ2) is 9.21. The van der Waals surface area contributed by atoms with E-state index in [2.05, 4.69) is 5.32 Å². The highest BCUT2D eigenvalue weighted by Gasteiger charge is 2.31. The molecule has 7 heteroatoms. The van der Waals surface area contributed by atoms with Crippen molar-refractivity contribution in [2.75, 3.05) is 19.9 Å². The summed E-state index contributed by atoms with van der Waals surface area (Å²) < 4.78 is 30.9. The summed E-state index contributed by atoms with van der Waals surface area (Å²) in [4.78, 5) is 12.9. The number of rotatable bonds is 8. The van der Waals surface area contributed by atoms with Crippen molar-refractivity contribution in [2.24, 2.45) is 0 Å². The first-order chi connectivity index (χ1) is 13.1. The van der Waals surface area contributed by atoms with E-state index in [-0.39, 0.29) is 12.6 Å². The van der Waals surface area contributed by atoms with Crippen LogP contribution in [0.4, 0.5) is 0 Å². The Morgan fingerprint density at radius 2 is 1.75 bits per heavy atom. The molecule has 0 aromatic heterocycles. The first kappa shape index (κ1) is 21.9. The fourth-order valence-corrected chi connectivity index (χ4v) is 3.34. The summed E-state index contributed by atoms with van der Waals surface area (Å²) in [7, 11) is -2.15. The van der Waals surface area contributed by atoms with Crippen LogP contribution >= 0.6 is 0 Å². The van der Waals surface area contributed by atoms with Crippen molar-refractivity contribution in [2.45, 2.75) is 32.9 Å². The van der Waals surface area contributed by atoms with Gasteiger partial charge in [0, 0.05) is 7.05 Å². The first-order valence-electron chi connectivity index (χ1n) is 9.08. The molecule has 0 aliphatic rings. The van der Waals surface area contributed by atoms with E-state index < -0.39 is 22.0 Å². The molecule has 0 aliphatic carbocycles. The zero-order chi connectivity index (χ0) is 20.9. The summed E-state index contributed by atoms with van der Waals surface area (Å²) in [5.74, 6) is 0.340. The molecule has 0 heterocycles. The van der Waals surface area contributed by atoms with E-state index in [9.17, 15) is 13.2 Å². The van der Waals surface area contributed by atoms with Gasteiger partial charge in [-0.05, 0) is 49.6 Å². The third-order valence-electron chi connectivity index (χ3n) is 4.62. The number of amides is 1. The third-order valence-corrected chi connectivity index (χ3v) is 5.87. The van der Waals surface area contributed by atoms with Gasteiger partial charge in [0.2, 0.25) is 15.9 Å². The third kappa shape index (κ3) is 5.81. The number of sulfonamides is 1. The lowest BCUT2D eigenvalue weighted by atomic mass is 10.1. The number of nitrogens with one attached hydrogen (secondary N) is 1. The molecular weight excluding hydrogens is 376 g/mol. The Balaban J connectivity index is 2.08. The standard InChI is InChI=1S/C21H28N2O4S/c1-15-11-12-19(13-16(15)2)27-14-17(3)22-21(24)20(23(4)28(5,25)26)18-9-7-6-8-10-18/h6-13,17,20H,14H2,1-5H3,(H,22,24)/t17-,20+/m0/s1. The minimum atomic E-state index is -3.55. The molecule has 0 spiro atoms. The van der Waals surface area contributed by atoms with Crippen LogP contribution in [-0.4, -0.2) is 44.6 Å². The minimum Gasteiger partial charge on any atom is -0.491 e. The molecule has 0 bridgehead atoms. The highest BCUT2D eigenvalue weighted by atomic mass is 32.2. The summed E-state index contributed by atoms with van der Waals surface area (Å²) in [6, 6.07) is 13.4. The summed E-state index contributed by atoms with van der Waals surface area (Å²) >= 11 is 0. The second-order valence-corrected chi connectivity index (χ2v) is 9.10. The second-order valence-electron chi connectivity index (χ2n) is 7.06. The van der Waals surface area contributed by atoms with E-state index in [4.69, 9.17) is 4.74 Å². The van der Waals surface area contributed by atoms with Crippen molar-refractivity contribution in [3.63, 3.8) is 0 Å². The van der Waals surface area contributed by atoms with Crippen LogP contribution in [0.1, 0.15) is 29.7 Å². The van der Waals surface area contributed by atoms with Gasteiger partial charge in [-0.25, -0.2) is 8.42 Å². The van der Waals surface area contributed by atoms with Gasteiger partial charge in [-0.1, -0.05) is 36.4 Å². The number of hydrogen-bond donors (Lipinski definition) is 1. The lowest BCUT2D eigenvalue weighted by Gasteiger charge is -2.27. The smallest absolute Gasteiger partial charge is 0.243 e. The van der Waals surface area contributed by atoms with E-state index in [1.54, 1.807) is 24.3 Å². The van der Waals surface area contributed by atoms with E-state index in [1.807, 2.05) is 45.0 Å². The maximum Gasteiger partial charge on any atom is 0.243 e. The van der Waals surface area contributed by atoms with E-state index in [0.717, 1.165) is 21.9 Å². The van der Waals surface area contributed by atoms with Crippen molar-refractivity contribution >= 4 is 15.9 Å². The molecule has 2 atom stereocenters. The van der Waals surface area contributed by atoms with Crippen LogP contribution in [-0.2, 0) is 14.8 Å². The first-order valence-corrected chi connectivity index (χ1v) is 10.9. The normalized spacial score (nSPS) is 13.8. The maximum atomic E-state index is 12.9. The Morgan fingerprint density at radius 3 is 2.32 bits per heavy atom. The van der Waals surface area contributed by atoms with E-state index >= 15 is 0 Å². The molecule has 1 amide bonds. The van der Waals surface area contributed by atoms with E-state index in [0.29, 0.717) is 5.56 Å². The Kier molecular flexibility index (Phi) is 7.21. The Morgan fingerprint density at radius 1 is 1.11 bits per heavy atom.